The first-order valence-electron chi connectivity index (χ1n) is 8.29. The van der Waals surface area contributed by atoms with Gasteiger partial charge in [0.05, 0.1) is 16.2 Å². The van der Waals surface area contributed by atoms with Crippen LogP contribution in [0.4, 0.5) is 18.9 Å². The maximum Gasteiger partial charge on any atom is 0.433 e. The van der Waals surface area contributed by atoms with E-state index in [1.165, 1.54) is 36.4 Å². The van der Waals surface area contributed by atoms with Crippen LogP contribution >= 0.6 is 0 Å². The minimum Gasteiger partial charge on any atom is -0.284 e. The molecule has 0 spiro atoms. The number of H-pyrrole nitrogens is 1. The molecule has 2 aromatic heterocycles. The average molecular weight is 400 g/mol. The topological polar surface area (TPSA) is 93.3 Å². The average Bonchev–Trinajstić information content (AvgIpc) is 3.09. The van der Waals surface area contributed by atoms with Crippen molar-refractivity contribution in [3.63, 3.8) is 0 Å². The van der Waals surface area contributed by atoms with Crippen LogP contribution in [0.1, 0.15) is 5.69 Å². The molecule has 7 nitrogen and oxygen atoms in total. The van der Waals surface area contributed by atoms with E-state index in [0.29, 0.717) is 4.52 Å². The van der Waals surface area contributed by atoms with Gasteiger partial charge in [0, 0.05) is 23.8 Å². The zero-order chi connectivity index (χ0) is 20.8. The molecule has 0 aliphatic carbocycles. The molecule has 0 aliphatic rings. The van der Waals surface area contributed by atoms with Crippen LogP contribution < -0.4 is 5.56 Å². The first kappa shape index (κ1) is 18.4. The highest BCUT2D eigenvalue weighted by molar-refractivity contribution is 5.81. The number of halogens is 3. The van der Waals surface area contributed by atoms with Crippen LogP contribution in [-0.2, 0) is 6.18 Å². The molecule has 29 heavy (non-hydrogen) atoms. The second-order valence-electron chi connectivity index (χ2n) is 6.17. The van der Waals surface area contributed by atoms with Crippen LogP contribution in [0.15, 0.2) is 65.5 Å². The fourth-order valence-corrected chi connectivity index (χ4v) is 3.05. The Labute approximate surface area is 160 Å². The number of aromatic nitrogens is 3. The fourth-order valence-electron chi connectivity index (χ4n) is 3.05. The molecule has 0 unspecified atom stereocenters. The number of nitro groups is 1. The molecule has 0 saturated carbocycles. The molecule has 4 rings (SSSR count). The van der Waals surface area contributed by atoms with Gasteiger partial charge < -0.3 is 0 Å². The van der Waals surface area contributed by atoms with Gasteiger partial charge in [-0.3, -0.25) is 20.0 Å². The molecular weight excluding hydrogens is 389 g/mol. The van der Waals surface area contributed by atoms with Crippen molar-refractivity contribution >= 4 is 11.3 Å². The van der Waals surface area contributed by atoms with E-state index < -0.39 is 22.4 Å². The van der Waals surface area contributed by atoms with E-state index in [1.807, 2.05) is 0 Å². The summed E-state index contributed by atoms with van der Waals surface area (Å²) in [5, 5.41) is 13.1. The summed E-state index contributed by atoms with van der Waals surface area (Å²) in [5.41, 5.74) is -2.11. The lowest BCUT2D eigenvalue weighted by atomic mass is 10.1. The number of nitro benzene ring substituents is 1. The van der Waals surface area contributed by atoms with Gasteiger partial charge in [0.1, 0.15) is 5.69 Å². The van der Waals surface area contributed by atoms with Crippen LogP contribution in [0.2, 0.25) is 0 Å². The van der Waals surface area contributed by atoms with Gasteiger partial charge in [-0.15, -0.1) is 0 Å². The van der Waals surface area contributed by atoms with E-state index >= 15 is 0 Å². The molecule has 10 heteroatoms. The summed E-state index contributed by atoms with van der Waals surface area (Å²) in [6.07, 6.45) is -4.75. The number of hydrogen-bond donors (Lipinski definition) is 1. The van der Waals surface area contributed by atoms with Gasteiger partial charge in [-0.1, -0.05) is 42.5 Å². The third-order valence-electron chi connectivity index (χ3n) is 4.31. The quantitative estimate of drug-likeness (QED) is 0.410. The predicted molar refractivity (Wildman–Crippen MR) is 98.3 cm³/mol. The van der Waals surface area contributed by atoms with Crippen LogP contribution in [0.25, 0.3) is 28.0 Å². The zero-order valence-electron chi connectivity index (χ0n) is 14.5. The van der Waals surface area contributed by atoms with E-state index in [1.54, 1.807) is 18.2 Å². The minimum absolute atomic E-state index is 0.0311. The second kappa shape index (κ2) is 6.59. The Morgan fingerprint density at radius 3 is 2.34 bits per heavy atom. The number of aromatic amines is 1. The molecule has 0 bridgehead atoms. The summed E-state index contributed by atoms with van der Waals surface area (Å²) in [6.45, 7) is 0. The number of non-ortho nitro benzene ring substituents is 1. The molecular formula is C19H11F3N4O3. The van der Waals surface area contributed by atoms with Gasteiger partial charge >= 0.3 is 6.18 Å². The molecule has 146 valence electrons. The number of rotatable bonds is 3. The molecule has 0 fully saturated rings. The minimum atomic E-state index is -4.75. The predicted octanol–water partition coefficient (Wildman–Crippen LogP) is 4.28. The summed E-state index contributed by atoms with van der Waals surface area (Å²) >= 11 is 0. The van der Waals surface area contributed by atoms with Gasteiger partial charge in [0.25, 0.3) is 11.2 Å². The van der Waals surface area contributed by atoms with Crippen molar-refractivity contribution in [3.05, 3.63) is 86.8 Å². The molecule has 4 aromatic rings. The Balaban J connectivity index is 2.04. The van der Waals surface area contributed by atoms with Crippen LogP contribution in [0.3, 0.4) is 0 Å². The van der Waals surface area contributed by atoms with Gasteiger partial charge in [-0.25, -0.2) is 9.50 Å². The van der Waals surface area contributed by atoms with Crippen molar-refractivity contribution in [1.82, 2.24) is 14.6 Å². The number of nitrogens with one attached hydrogen (secondary N) is 1. The summed E-state index contributed by atoms with van der Waals surface area (Å²) in [4.78, 5) is 27.1. The van der Waals surface area contributed by atoms with Gasteiger partial charge in [0.15, 0.2) is 5.65 Å². The van der Waals surface area contributed by atoms with Crippen molar-refractivity contribution in [2.45, 2.75) is 6.18 Å². The molecule has 0 saturated heterocycles. The Morgan fingerprint density at radius 2 is 1.69 bits per heavy atom. The van der Waals surface area contributed by atoms with E-state index in [2.05, 4.69) is 10.1 Å². The summed E-state index contributed by atoms with van der Waals surface area (Å²) < 4.78 is 41.6. The van der Waals surface area contributed by atoms with Crippen molar-refractivity contribution in [1.29, 1.82) is 0 Å². The Morgan fingerprint density at radius 1 is 1.00 bits per heavy atom. The van der Waals surface area contributed by atoms with Crippen molar-refractivity contribution in [2.24, 2.45) is 0 Å². The molecule has 2 aromatic carbocycles. The molecule has 2 heterocycles. The van der Waals surface area contributed by atoms with E-state index in [4.69, 9.17) is 0 Å². The normalized spacial score (nSPS) is 11.7. The lowest BCUT2D eigenvalue weighted by Crippen LogP contribution is -2.15. The molecule has 0 radical (unpaired) electrons. The summed E-state index contributed by atoms with van der Waals surface area (Å²) in [7, 11) is 0. The Hall–Kier alpha value is -3.95. The molecule has 0 atom stereocenters. The van der Waals surface area contributed by atoms with Crippen molar-refractivity contribution in [3.8, 4) is 22.4 Å². The second-order valence-corrected chi connectivity index (χ2v) is 6.17. The van der Waals surface area contributed by atoms with Gasteiger partial charge in [-0.2, -0.15) is 13.2 Å². The smallest absolute Gasteiger partial charge is 0.284 e. The van der Waals surface area contributed by atoms with E-state index in [-0.39, 0.29) is 33.7 Å². The molecule has 0 amide bonds. The van der Waals surface area contributed by atoms with E-state index in [9.17, 15) is 28.1 Å². The Kier molecular flexibility index (Phi) is 4.18. The first-order chi connectivity index (χ1) is 13.8. The van der Waals surface area contributed by atoms with Crippen molar-refractivity contribution < 1.29 is 18.1 Å². The van der Waals surface area contributed by atoms with Gasteiger partial charge in [-0.05, 0) is 5.56 Å². The van der Waals surface area contributed by atoms with Crippen molar-refractivity contribution in [2.75, 3.05) is 0 Å². The van der Waals surface area contributed by atoms with E-state index in [0.717, 1.165) is 6.07 Å². The lowest BCUT2D eigenvalue weighted by Gasteiger charge is -2.07. The summed E-state index contributed by atoms with van der Waals surface area (Å²) in [5.74, 6) is 0. The van der Waals surface area contributed by atoms with Gasteiger partial charge in [0.2, 0.25) is 0 Å². The first-order valence-corrected chi connectivity index (χ1v) is 8.29. The largest absolute Gasteiger partial charge is 0.433 e. The third kappa shape index (κ3) is 3.24. The maximum absolute atomic E-state index is 13.6. The summed E-state index contributed by atoms with van der Waals surface area (Å²) in [6, 6.07) is 14.1. The molecule has 1 N–H and O–H groups in total. The molecule has 0 aliphatic heterocycles. The highest BCUT2D eigenvalue weighted by Crippen LogP contribution is 2.38. The van der Waals surface area contributed by atoms with Crippen LogP contribution in [0, 0.1) is 10.1 Å². The highest BCUT2D eigenvalue weighted by atomic mass is 19.4. The Bertz CT molecular complexity index is 1290. The highest BCUT2D eigenvalue weighted by Gasteiger charge is 2.38. The standard InChI is InChI=1S/C19H11F3N4O3/c20-19(21,22)17-16(11-5-2-1-3-6-11)18-23-14(10-15(27)25(18)24-17)12-7-4-8-13(9-12)26(28)29/h1-10,24H. The number of benzene rings is 2. The number of nitrogens with zero attached hydrogens (tertiary/aromatic N) is 3. The SMILES string of the molecule is O=c1cc(-c2cccc([N+](=O)[O-])c2)nc2c(-c3ccccc3)c(C(F)(F)F)[nH]n12. The lowest BCUT2D eigenvalue weighted by molar-refractivity contribution is -0.384. The fraction of sp³-hybridized carbons (Fsp3) is 0.0526. The van der Waals surface area contributed by atoms with Crippen LogP contribution in [0.5, 0.6) is 0 Å². The maximum atomic E-state index is 13.6. The monoisotopic (exact) mass is 400 g/mol. The number of hydrogen-bond acceptors (Lipinski definition) is 4. The number of fused-ring (bicyclic) bond motifs is 1. The van der Waals surface area contributed by atoms with Crippen LogP contribution in [-0.4, -0.2) is 19.5 Å². The third-order valence-corrected chi connectivity index (χ3v) is 4.31. The zero-order valence-corrected chi connectivity index (χ0v) is 14.5. The number of alkyl halides is 3.